The van der Waals surface area contributed by atoms with E-state index in [9.17, 15) is 4.79 Å². The van der Waals surface area contributed by atoms with Crippen molar-refractivity contribution in [3.8, 4) is 0 Å². The molecule has 2 atom stereocenters. The van der Waals surface area contributed by atoms with Gasteiger partial charge in [-0.1, -0.05) is 29.8 Å². The van der Waals surface area contributed by atoms with Gasteiger partial charge in [0.25, 0.3) is 0 Å². The van der Waals surface area contributed by atoms with E-state index in [0.717, 1.165) is 19.4 Å². The zero-order valence-electron chi connectivity index (χ0n) is 11.2. The minimum Gasteiger partial charge on any atom is -0.356 e. The van der Waals surface area contributed by atoms with Crippen molar-refractivity contribution >= 4 is 5.91 Å². The largest absolute Gasteiger partial charge is 0.356 e. The molecule has 1 fully saturated rings. The summed E-state index contributed by atoms with van der Waals surface area (Å²) in [6.07, 6.45) is 2.72. The number of carbonyl (C=O) groups excluding carboxylic acids is 1. The lowest BCUT2D eigenvalue weighted by Gasteiger charge is -2.21. The number of aryl methyl sites for hydroxylation is 1. The molecule has 3 nitrogen and oxygen atoms in total. The normalized spacial score (nSPS) is 22.1. The van der Waals surface area contributed by atoms with Crippen LogP contribution in [0.5, 0.6) is 0 Å². The lowest BCUT2D eigenvalue weighted by molar-refractivity contribution is -0.121. The smallest absolute Gasteiger partial charge is 0.221 e. The zero-order chi connectivity index (χ0) is 13.0. The molecular formula is C15H22N2O. The minimum atomic E-state index is 0.168. The number of amides is 1. The average molecular weight is 246 g/mol. The van der Waals surface area contributed by atoms with Gasteiger partial charge in [0.1, 0.15) is 0 Å². The first-order valence-electron chi connectivity index (χ1n) is 6.74. The first-order valence-corrected chi connectivity index (χ1v) is 6.74. The van der Waals surface area contributed by atoms with Gasteiger partial charge >= 0.3 is 0 Å². The number of carbonyl (C=O) groups is 1. The molecule has 1 heterocycles. The van der Waals surface area contributed by atoms with Gasteiger partial charge in [0, 0.05) is 25.0 Å². The molecule has 98 valence electrons. The van der Waals surface area contributed by atoms with E-state index < -0.39 is 0 Å². The molecule has 2 N–H and O–H groups in total. The molecule has 18 heavy (non-hydrogen) atoms. The summed E-state index contributed by atoms with van der Waals surface area (Å²) in [6.45, 7) is 5.07. The van der Waals surface area contributed by atoms with E-state index in [-0.39, 0.29) is 5.91 Å². The maximum absolute atomic E-state index is 11.5. The molecule has 0 radical (unpaired) electrons. The summed E-state index contributed by atoms with van der Waals surface area (Å²) < 4.78 is 0. The van der Waals surface area contributed by atoms with Crippen molar-refractivity contribution in [3.63, 3.8) is 0 Å². The third-order valence-corrected chi connectivity index (χ3v) is 3.55. The summed E-state index contributed by atoms with van der Waals surface area (Å²) in [7, 11) is 0. The molecule has 1 aromatic rings. The first-order chi connectivity index (χ1) is 8.65. The fourth-order valence-electron chi connectivity index (χ4n) is 2.42. The van der Waals surface area contributed by atoms with Crippen LogP contribution < -0.4 is 10.6 Å². The molecule has 0 bridgehead atoms. The Hall–Kier alpha value is -1.35. The summed E-state index contributed by atoms with van der Waals surface area (Å²) in [5, 5.41) is 6.48. The second-order valence-corrected chi connectivity index (χ2v) is 5.19. The Morgan fingerprint density at radius 1 is 1.33 bits per heavy atom. The van der Waals surface area contributed by atoms with Gasteiger partial charge < -0.3 is 10.6 Å². The van der Waals surface area contributed by atoms with Crippen LogP contribution in [0.2, 0.25) is 0 Å². The molecule has 2 rings (SSSR count). The number of rotatable bonds is 3. The Morgan fingerprint density at radius 3 is 2.78 bits per heavy atom. The molecule has 1 saturated heterocycles. The summed E-state index contributed by atoms with van der Waals surface area (Å²) in [5.74, 6) is 0.168. The maximum Gasteiger partial charge on any atom is 0.221 e. The van der Waals surface area contributed by atoms with Crippen molar-refractivity contribution in [2.24, 2.45) is 0 Å². The SMILES string of the molecule is Cc1ccc(C(C)NC2CCCNC(=O)C2)cc1. The molecule has 1 aromatic carbocycles. The van der Waals surface area contributed by atoms with Gasteiger partial charge in [-0.25, -0.2) is 0 Å². The maximum atomic E-state index is 11.5. The zero-order valence-corrected chi connectivity index (χ0v) is 11.2. The van der Waals surface area contributed by atoms with Crippen molar-refractivity contribution < 1.29 is 4.79 Å². The lowest BCUT2D eigenvalue weighted by atomic mass is 10.0. The van der Waals surface area contributed by atoms with Gasteiger partial charge in [0.2, 0.25) is 5.91 Å². The summed E-state index contributed by atoms with van der Waals surface area (Å²) in [5.41, 5.74) is 2.56. The molecular weight excluding hydrogens is 224 g/mol. The first kappa shape index (κ1) is 13.1. The van der Waals surface area contributed by atoms with Crippen LogP contribution >= 0.6 is 0 Å². The van der Waals surface area contributed by atoms with Crippen molar-refractivity contribution in [2.45, 2.75) is 45.2 Å². The average Bonchev–Trinajstić information content (AvgIpc) is 2.54. The predicted molar refractivity (Wildman–Crippen MR) is 73.4 cm³/mol. The summed E-state index contributed by atoms with van der Waals surface area (Å²) >= 11 is 0. The second kappa shape index (κ2) is 6.01. The fourth-order valence-corrected chi connectivity index (χ4v) is 2.42. The van der Waals surface area contributed by atoms with E-state index in [4.69, 9.17) is 0 Å². The number of benzene rings is 1. The van der Waals surface area contributed by atoms with Gasteiger partial charge in [0.05, 0.1) is 0 Å². The number of nitrogens with one attached hydrogen (secondary N) is 2. The minimum absolute atomic E-state index is 0.168. The molecule has 1 aliphatic rings. The van der Waals surface area contributed by atoms with Crippen LogP contribution in [0.15, 0.2) is 24.3 Å². The lowest BCUT2D eigenvalue weighted by Crippen LogP contribution is -2.34. The van der Waals surface area contributed by atoms with E-state index in [2.05, 4.69) is 48.7 Å². The molecule has 1 amide bonds. The van der Waals surface area contributed by atoms with E-state index in [1.165, 1.54) is 11.1 Å². The molecule has 0 saturated carbocycles. The predicted octanol–water partition coefficient (Wildman–Crippen LogP) is 2.31. The van der Waals surface area contributed by atoms with Crippen LogP contribution in [-0.2, 0) is 4.79 Å². The molecule has 0 aromatic heterocycles. The highest BCUT2D eigenvalue weighted by Gasteiger charge is 2.19. The fraction of sp³-hybridized carbons (Fsp3) is 0.533. The standard InChI is InChI=1S/C15H22N2O/c1-11-5-7-13(8-6-11)12(2)17-14-4-3-9-16-15(18)10-14/h5-8,12,14,17H,3-4,9-10H2,1-2H3,(H,16,18). The van der Waals surface area contributed by atoms with Gasteiger partial charge in [-0.2, -0.15) is 0 Å². The van der Waals surface area contributed by atoms with Gasteiger partial charge in [-0.15, -0.1) is 0 Å². The monoisotopic (exact) mass is 246 g/mol. The van der Waals surface area contributed by atoms with Crippen LogP contribution in [0.4, 0.5) is 0 Å². The van der Waals surface area contributed by atoms with Crippen molar-refractivity contribution in [1.82, 2.24) is 10.6 Å². The summed E-state index contributed by atoms with van der Waals surface area (Å²) in [6, 6.07) is 9.17. The van der Waals surface area contributed by atoms with E-state index in [1.807, 2.05) is 0 Å². The van der Waals surface area contributed by atoms with Crippen LogP contribution in [0.3, 0.4) is 0 Å². The van der Waals surface area contributed by atoms with Crippen LogP contribution in [0.25, 0.3) is 0 Å². The molecule has 3 heteroatoms. The Balaban J connectivity index is 1.95. The molecule has 0 aliphatic carbocycles. The van der Waals surface area contributed by atoms with E-state index >= 15 is 0 Å². The van der Waals surface area contributed by atoms with Crippen LogP contribution in [-0.4, -0.2) is 18.5 Å². The van der Waals surface area contributed by atoms with E-state index in [1.54, 1.807) is 0 Å². The second-order valence-electron chi connectivity index (χ2n) is 5.19. The van der Waals surface area contributed by atoms with Gasteiger partial charge in [-0.3, -0.25) is 4.79 Å². The quantitative estimate of drug-likeness (QED) is 0.859. The van der Waals surface area contributed by atoms with Crippen LogP contribution in [0, 0.1) is 6.92 Å². The third kappa shape index (κ3) is 3.57. The highest BCUT2D eigenvalue weighted by Crippen LogP contribution is 2.16. The van der Waals surface area contributed by atoms with Crippen LogP contribution in [0.1, 0.15) is 43.4 Å². The molecule has 2 unspecified atom stereocenters. The van der Waals surface area contributed by atoms with Crippen molar-refractivity contribution in [1.29, 1.82) is 0 Å². The Kier molecular flexibility index (Phi) is 4.37. The highest BCUT2D eigenvalue weighted by atomic mass is 16.1. The number of hydrogen-bond donors (Lipinski definition) is 2. The van der Waals surface area contributed by atoms with Gasteiger partial charge in [0.15, 0.2) is 0 Å². The molecule has 0 spiro atoms. The van der Waals surface area contributed by atoms with Crippen molar-refractivity contribution in [2.75, 3.05) is 6.54 Å². The number of hydrogen-bond acceptors (Lipinski definition) is 2. The van der Waals surface area contributed by atoms with Gasteiger partial charge in [-0.05, 0) is 32.3 Å². The third-order valence-electron chi connectivity index (χ3n) is 3.55. The van der Waals surface area contributed by atoms with E-state index in [0.29, 0.717) is 18.5 Å². The summed E-state index contributed by atoms with van der Waals surface area (Å²) in [4.78, 5) is 11.5. The topological polar surface area (TPSA) is 41.1 Å². The Labute approximate surface area is 109 Å². The Bertz CT molecular complexity index is 399. The Morgan fingerprint density at radius 2 is 2.06 bits per heavy atom. The highest BCUT2D eigenvalue weighted by molar-refractivity contribution is 5.76. The van der Waals surface area contributed by atoms with Crippen molar-refractivity contribution in [3.05, 3.63) is 35.4 Å². The molecule has 1 aliphatic heterocycles.